The minimum absolute atomic E-state index is 0.566. The monoisotopic (exact) mass is 431 g/mol. The fourth-order valence-electron chi connectivity index (χ4n) is 9.27. The second-order valence-corrected chi connectivity index (χ2v) is 11.8. The molecule has 0 aromatic rings. The topological polar surface area (TPSA) is 50.1 Å². The quantitative estimate of drug-likeness (QED) is 0.176. The van der Waals surface area contributed by atoms with Gasteiger partial charge in [0.15, 0.2) is 0 Å². The molecule has 3 nitrogen and oxygen atoms in total. The first-order chi connectivity index (χ1) is 14.9. The summed E-state index contributed by atoms with van der Waals surface area (Å²) < 4.78 is 0. The van der Waals surface area contributed by atoms with Crippen molar-refractivity contribution in [3.8, 4) is 0 Å². The van der Waals surface area contributed by atoms with Crippen LogP contribution in [-0.4, -0.2) is 6.04 Å². The van der Waals surface area contributed by atoms with Crippen molar-refractivity contribution in [3.05, 3.63) is 12.7 Å². The van der Waals surface area contributed by atoms with Crippen molar-refractivity contribution in [3.63, 3.8) is 0 Å². The minimum atomic E-state index is 0.566. The molecule has 0 bridgehead atoms. The second-order valence-electron chi connectivity index (χ2n) is 11.8. The number of nitrogens with one attached hydrogen (secondary N) is 2. The van der Waals surface area contributed by atoms with Gasteiger partial charge in [-0.05, 0) is 117 Å². The van der Waals surface area contributed by atoms with E-state index in [-0.39, 0.29) is 0 Å². The molecular weight excluding hydrogens is 378 g/mol. The highest BCUT2D eigenvalue weighted by molar-refractivity contribution is 5.10. The molecule has 0 aliphatic heterocycles. The molecule has 0 saturated heterocycles. The second kappa shape index (κ2) is 10.7. The fourth-order valence-corrected chi connectivity index (χ4v) is 9.27. The van der Waals surface area contributed by atoms with Crippen molar-refractivity contribution < 1.29 is 0 Å². The molecule has 9 unspecified atom stereocenters. The van der Waals surface area contributed by atoms with Crippen molar-refractivity contribution in [2.75, 3.05) is 0 Å². The van der Waals surface area contributed by atoms with E-state index < -0.39 is 0 Å². The van der Waals surface area contributed by atoms with Gasteiger partial charge in [0.05, 0.1) is 0 Å². The first-order valence-corrected chi connectivity index (χ1v) is 13.8. The highest BCUT2D eigenvalue weighted by Gasteiger charge is 2.60. The summed E-state index contributed by atoms with van der Waals surface area (Å²) >= 11 is 0. The molecule has 0 amide bonds. The lowest BCUT2D eigenvalue weighted by molar-refractivity contribution is -0.118. The molecular formula is C28H53N3. The molecule has 4 rings (SSSR count). The predicted molar refractivity (Wildman–Crippen MR) is 134 cm³/mol. The molecule has 0 aromatic carbocycles. The van der Waals surface area contributed by atoms with Gasteiger partial charge >= 0.3 is 0 Å². The lowest BCUT2D eigenvalue weighted by atomic mass is 9.44. The molecule has 4 saturated carbocycles. The maximum atomic E-state index is 5.55. The standard InChI is InChI=1S/C26H47N3.C2H6/c1-5-6-7-8-18(2)22-11-12-23-21-10-9-19-17-20(28-29-27)13-15-25(19,3)24(21)14-16-26(22,23)4;1-2/h5,18-24,28-29H,1,6-17,27H2,2-4H3;1-2H3. The molecule has 0 spiro atoms. The summed E-state index contributed by atoms with van der Waals surface area (Å²) in [6, 6.07) is 0.566. The van der Waals surface area contributed by atoms with Crippen LogP contribution in [0, 0.1) is 46.3 Å². The first-order valence-electron chi connectivity index (χ1n) is 13.8. The summed E-state index contributed by atoms with van der Waals surface area (Å²) in [4.78, 5) is 0. The maximum absolute atomic E-state index is 5.55. The molecule has 0 aromatic heterocycles. The number of fused-ring (bicyclic) bond motifs is 5. The van der Waals surface area contributed by atoms with Crippen LogP contribution in [0.25, 0.3) is 0 Å². The molecule has 3 heteroatoms. The Labute approximate surface area is 193 Å². The highest BCUT2D eigenvalue weighted by atomic mass is 15.5. The first kappa shape index (κ1) is 25.2. The van der Waals surface area contributed by atoms with Crippen LogP contribution in [0.2, 0.25) is 0 Å². The summed E-state index contributed by atoms with van der Waals surface area (Å²) in [5, 5.41) is 0. The minimum Gasteiger partial charge on any atom is -0.258 e. The van der Waals surface area contributed by atoms with Crippen molar-refractivity contribution in [1.82, 2.24) is 11.0 Å². The number of hydrogen-bond acceptors (Lipinski definition) is 3. The lowest BCUT2D eigenvalue weighted by Crippen LogP contribution is -2.56. The lowest BCUT2D eigenvalue weighted by Gasteiger charge is -2.61. The third kappa shape index (κ3) is 4.66. The van der Waals surface area contributed by atoms with Crippen LogP contribution in [0.15, 0.2) is 12.7 Å². The Bertz CT molecular complexity index is 577. The Morgan fingerprint density at radius 3 is 2.42 bits per heavy atom. The smallest absolute Gasteiger partial charge is 0.0229 e. The van der Waals surface area contributed by atoms with Crippen LogP contribution < -0.4 is 16.8 Å². The summed E-state index contributed by atoms with van der Waals surface area (Å²) in [6.07, 6.45) is 18.9. The van der Waals surface area contributed by atoms with E-state index in [9.17, 15) is 0 Å². The average Bonchev–Trinajstić information content (AvgIpc) is 3.13. The van der Waals surface area contributed by atoms with E-state index in [2.05, 4.69) is 44.4 Å². The SMILES string of the molecule is C=CCCCC(C)C1CCC2C3CCC4CC(NNN)CCC4(C)C3CCC12C.CC. The van der Waals surface area contributed by atoms with E-state index in [1.54, 1.807) is 0 Å². The van der Waals surface area contributed by atoms with Crippen LogP contribution >= 0.6 is 0 Å². The van der Waals surface area contributed by atoms with Gasteiger partial charge < -0.3 is 0 Å². The van der Waals surface area contributed by atoms with Crippen LogP contribution in [0.3, 0.4) is 0 Å². The van der Waals surface area contributed by atoms with Gasteiger partial charge in [-0.15, -0.1) is 6.58 Å². The average molecular weight is 432 g/mol. The number of allylic oxidation sites excluding steroid dienone is 1. The number of unbranched alkanes of at least 4 members (excludes halogenated alkanes) is 1. The summed E-state index contributed by atoms with van der Waals surface area (Å²) in [6.45, 7) is 15.9. The van der Waals surface area contributed by atoms with Gasteiger partial charge in [-0.1, -0.05) is 47.1 Å². The maximum Gasteiger partial charge on any atom is 0.0229 e. The molecule has 4 aliphatic carbocycles. The van der Waals surface area contributed by atoms with E-state index >= 15 is 0 Å². The summed E-state index contributed by atoms with van der Waals surface area (Å²) in [5.74, 6) is 11.2. The zero-order chi connectivity index (χ0) is 22.6. The van der Waals surface area contributed by atoms with Gasteiger partial charge in [0, 0.05) is 6.04 Å². The Morgan fingerprint density at radius 1 is 1.00 bits per heavy atom. The normalized spacial score (nSPS) is 44.8. The third-order valence-electron chi connectivity index (χ3n) is 10.8. The van der Waals surface area contributed by atoms with E-state index in [4.69, 9.17) is 5.84 Å². The van der Waals surface area contributed by atoms with Gasteiger partial charge in [0.25, 0.3) is 0 Å². The van der Waals surface area contributed by atoms with Crippen molar-refractivity contribution in [1.29, 1.82) is 0 Å². The van der Waals surface area contributed by atoms with E-state index in [0.717, 1.165) is 35.5 Å². The molecule has 4 fully saturated rings. The fraction of sp³-hybridized carbons (Fsp3) is 0.929. The van der Waals surface area contributed by atoms with Crippen LogP contribution in [0.5, 0.6) is 0 Å². The molecule has 4 N–H and O–H groups in total. The number of nitrogens with two attached hydrogens (primary N) is 1. The Balaban J connectivity index is 0.00000132. The Kier molecular flexibility index (Phi) is 8.71. The van der Waals surface area contributed by atoms with Gasteiger partial charge in [-0.25, -0.2) is 5.43 Å². The van der Waals surface area contributed by atoms with Crippen molar-refractivity contribution in [2.45, 2.75) is 118 Å². The van der Waals surface area contributed by atoms with Crippen LogP contribution in [0.4, 0.5) is 0 Å². The Hall–Kier alpha value is -0.380. The van der Waals surface area contributed by atoms with Crippen LogP contribution in [-0.2, 0) is 0 Å². The van der Waals surface area contributed by atoms with Crippen molar-refractivity contribution in [2.24, 2.45) is 52.2 Å². The molecule has 9 atom stereocenters. The summed E-state index contributed by atoms with van der Waals surface area (Å²) in [5.41, 5.74) is 7.21. The Morgan fingerprint density at radius 2 is 1.71 bits per heavy atom. The molecule has 180 valence electrons. The number of hydrogen-bond donors (Lipinski definition) is 3. The third-order valence-corrected chi connectivity index (χ3v) is 10.8. The molecule has 0 radical (unpaired) electrons. The zero-order valence-corrected chi connectivity index (χ0v) is 21.4. The highest BCUT2D eigenvalue weighted by Crippen LogP contribution is 2.68. The number of hydrazine groups is 2. The largest absolute Gasteiger partial charge is 0.258 e. The number of rotatable bonds is 7. The van der Waals surface area contributed by atoms with Gasteiger partial charge in [0.2, 0.25) is 0 Å². The van der Waals surface area contributed by atoms with E-state index in [0.29, 0.717) is 16.9 Å². The summed E-state index contributed by atoms with van der Waals surface area (Å²) in [7, 11) is 0. The van der Waals surface area contributed by atoms with Gasteiger partial charge in [-0.2, -0.15) is 5.53 Å². The van der Waals surface area contributed by atoms with E-state index in [1.165, 1.54) is 77.0 Å². The molecule has 0 heterocycles. The van der Waals surface area contributed by atoms with Gasteiger partial charge in [0.1, 0.15) is 0 Å². The van der Waals surface area contributed by atoms with Crippen molar-refractivity contribution >= 4 is 0 Å². The van der Waals surface area contributed by atoms with E-state index in [1.807, 2.05) is 13.8 Å². The molecule has 4 aliphatic rings. The van der Waals surface area contributed by atoms with Gasteiger partial charge in [-0.3, -0.25) is 5.84 Å². The zero-order valence-electron chi connectivity index (χ0n) is 21.4. The predicted octanol–water partition coefficient (Wildman–Crippen LogP) is 7.00. The molecule has 31 heavy (non-hydrogen) atoms. The van der Waals surface area contributed by atoms with Crippen LogP contribution in [0.1, 0.15) is 112 Å².